The van der Waals surface area contributed by atoms with Gasteiger partial charge in [-0.15, -0.1) is 22.9 Å². The number of carbonyl (C=O) groups excluding carboxylic acids is 1. The summed E-state index contributed by atoms with van der Waals surface area (Å²) in [7, 11) is -2.23. The van der Waals surface area contributed by atoms with E-state index < -0.39 is 22.0 Å². The number of hydrogen-bond acceptors (Lipinski definition) is 5. The van der Waals surface area contributed by atoms with Crippen LogP contribution < -0.4 is 4.72 Å². The van der Waals surface area contributed by atoms with Crippen LogP contribution in [0.25, 0.3) is 0 Å². The van der Waals surface area contributed by atoms with Crippen LogP contribution >= 0.6 is 22.9 Å². The van der Waals surface area contributed by atoms with Crippen molar-refractivity contribution in [2.45, 2.75) is 12.5 Å². The molecular weight excluding hydrogens is 298 g/mol. The molecule has 0 radical (unpaired) electrons. The number of carbonyl (C=O) groups is 1. The minimum Gasteiger partial charge on any atom is -0.469 e. The number of thiophene rings is 1. The lowest BCUT2D eigenvalue weighted by atomic mass is 10.2. The minimum atomic E-state index is -3.49. The maximum Gasteiger partial charge on any atom is 0.307 e. The molecule has 0 aliphatic heterocycles. The Hall–Kier alpha value is -0.630. The highest BCUT2D eigenvalue weighted by molar-refractivity contribution is 7.89. The summed E-state index contributed by atoms with van der Waals surface area (Å²) in [6, 6.07) is 2.95. The molecule has 0 saturated carbocycles. The zero-order valence-corrected chi connectivity index (χ0v) is 12.1. The molecule has 18 heavy (non-hydrogen) atoms. The van der Waals surface area contributed by atoms with Crippen molar-refractivity contribution >= 4 is 38.9 Å². The maximum atomic E-state index is 11.7. The fourth-order valence-corrected chi connectivity index (χ4v) is 3.74. The lowest BCUT2D eigenvalue weighted by Gasteiger charge is -2.16. The first-order chi connectivity index (χ1) is 8.48. The Morgan fingerprint density at radius 1 is 1.61 bits per heavy atom. The minimum absolute atomic E-state index is 0.00468. The van der Waals surface area contributed by atoms with E-state index in [4.69, 9.17) is 11.6 Å². The number of rotatable bonds is 7. The van der Waals surface area contributed by atoms with E-state index in [2.05, 4.69) is 9.46 Å². The highest BCUT2D eigenvalue weighted by atomic mass is 35.5. The molecule has 1 rings (SSSR count). The predicted octanol–water partition coefficient (Wildman–Crippen LogP) is 1.51. The van der Waals surface area contributed by atoms with Gasteiger partial charge in [-0.1, -0.05) is 6.07 Å². The van der Waals surface area contributed by atoms with Crippen LogP contribution in [0.2, 0.25) is 0 Å². The Morgan fingerprint density at radius 3 is 2.83 bits per heavy atom. The van der Waals surface area contributed by atoms with Gasteiger partial charge in [0.15, 0.2) is 0 Å². The number of halogens is 1. The first-order valence-corrected chi connectivity index (χ1v) is 8.21. The van der Waals surface area contributed by atoms with Crippen LogP contribution in [0.4, 0.5) is 0 Å². The van der Waals surface area contributed by atoms with Crippen LogP contribution in [0.15, 0.2) is 17.5 Å². The van der Waals surface area contributed by atoms with Gasteiger partial charge in [-0.25, -0.2) is 13.1 Å². The molecule has 0 aliphatic carbocycles. The highest BCUT2D eigenvalue weighted by Gasteiger charge is 2.22. The number of nitrogens with one attached hydrogen (secondary N) is 1. The van der Waals surface area contributed by atoms with E-state index in [1.807, 2.05) is 5.38 Å². The average molecular weight is 312 g/mol. The van der Waals surface area contributed by atoms with Crippen molar-refractivity contribution in [3.05, 3.63) is 22.4 Å². The Labute approximate surface area is 115 Å². The van der Waals surface area contributed by atoms with Gasteiger partial charge in [0.25, 0.3) is 0 Å². The average Bonchev–Trinajstić information content (AvgIpc) is 2.80. The molecule has 0 aromatic carbocycles. The number of ether oxygens (including phenoxy) is 1. The van der Waals surface area contributed by atoms with Crippen molar-refractivity contribution in [1.82, 2.24) is 4.72 Å². The van der Waals surface area contributed by atoms with Crippen LogP contribution in [-0.4, -0.2) is 33.1 Å². The summed E-state index contributed by atoms with van der Waals surface area (Å²) >= 11 is 6.79. The van der Waals surface area contributed by atoms with E-state index in [-0.39, 0.29) is 18.1 Å². The van der Waals surface area contributed by atoms with E-state index in [9.17, 15) is 13.2 Å². The Balaban J connectivity index is 2.82. The number of esters is 1. The van der Waals surface area contributed by atoms with E-state index in [1.165, 1.54) is 18.4 Å². The zero-order valence-electron chi connectivity index (χ0n) is 9.76. The normalized spacial score (nSPS) is 13.2. The van der Waals surface area contributed by atoms with Crippen molar-refractivity contribution in [3.63, 3.8) is 0 Å². The van der Waals surface area contributed by atoms with Gasteiger partial charge >= 0.3 is 5.97 Å². The van der Waals surface area contributed by atoms with Gasteiger partial charge in [-0.05, 0) is 11.4 Å². The molecule has 1 heterocycles. The molecule has 0 bridgehead atoms. The molecule has 1 unspecified atom stereocenters. The Kier molecular flexibility index (Phi) is 6.07. The molecule has 0 saturated heterocycles. The van der Waals surface area contributed by atoms with Crippen LogP contribution in [-0.2, 0) is 19.6 Å². The molecular formula is C10H14ClNO4S2. The Morgan fingerprint density at radius 2 is 2.33 bits per heavy atom. The second kappa shape index (κ2) is 7.08. The summed E-state index contributed by atoms with van der Waals surface area (Å²) in [4.78, 5) is 12.0. The fourth-order valence-electron chi connectivity index (χ4n) is 1.32. The van der Waals surface area contributed by atoms with Crippen LogP contribution in [0.3, 0.4) is 0 Å². The van der Waals surface area contributed by atoms with E-state index in [1.54, 1.807) is 12.1 Å². The van der Waals surface area contributed by atoms with Gasteiger partial charge in [-0.3, -0.25) is 4.79 Å². The van der Waals surface area contributed by atoms with Gasteiger partial charge in [0.05, 0.1) is 25.3 Å². The number of hydrogen-bond donors (Lipinski definition) is 1. The summed E-state index contributed by atoms with van der Waals surface area (Å²) in [6.45, 7) is 0. The van der Waals surface area contributed by atoms with Crippen molar-refractivity contribution in [2.24, 2.45) is 0 Å². The third-order valence-electron chi connectivity index (χ3n) is 2.15. The summed E-state index contributed by atoms with van der Waals surface area (Å²) < 4.78 is 30.3. The molecule has 1 aromatic heterocycles. The summed E-state index contributed by atoms with van der Waals surface area (Å²) in [5, 5.41) is 1.81. The fraction of sp³-hybridized carbons (Fsp3) is 0.500. The predicted molar refractivity (Wildman–Crippen MR) is 71.3 cm³/mol. The number of sulfonamides is 1. The Bertz CT molecular complexity index is 472. The third-order valence-corrected chi connectivity index (χ3v) is 4.94. The first-order valence-electron chi connectivity index (χ1n) is 5.14. The molecule has 1 aromatic rings. The lowest BCUT2D eigenvalue weighted by Crippen LogP contribution is -2.32. The summed E-state index contributed by atoms with van der Waals surface area (Å²) in [5.74, 6) is -0.649. The zero-order chi connectivity index (χ0) is 13.6. The molecule has 1 N–H and O–H groups in total. The lowest BCUT2D eigenvalue weighted by molar-refractivity contribution is -0.141. The van der Waals surface area contributed by atoms with E-state index >= 15 is 0 Å². The molecule has 8 heteroatoms. The number of methoxy groups -OCH3 is 1. The molecule has 0 aliphatic rings. The topological polar surface area (TPSA) is 72.5 Å². The van der Waals surface area contributed by atoms with Crippen molar-refractivity contribution in [2.75, 3.05) is 18.7 Å². The SMILES string of the molecule is COC(=O)CC(NS(=O)(=O)CCCl)c1cccs1. The van der Waals surface area contributed by atoms with Gasteiger partial charge in [0, 0.05) is 10.8 Å². The third kappa shape index (κ3) is 4.93. The summed E-state index contributed by atoms with van der Waals surface area (Å²) in [5.41, 5.74) is 0. The molecule has 102 valence electrons. The summed E-state index contributed by atoms with van der Waals surface area (Å²) in [6.07, 6.45) is -0.0431. The van der Waals surface area contributed by atoms with E-state index in [0.29, 0.717) is 0 Å². The molecule has 0 spiro atoms. The van der Waals surface area contributed by atoms with Gasteiger partial charge in [0.1, 0.15) is 0 Å². The number of alkyl halides is 1. The quantitative estimate of drug-likeness (QED) is 0.612. The van der Waals surface area contributed by atoms with Crippen LogP contribution in [0.1, 0.15) is 17.3 Å². The molecule has 5 nitrogen and oxygen atoms in total. The first kappa shape index (κ1) is 15.4. The van der Waals surface area contributed by atoms with Crippen molar-refractivity contribution in [3.8, 4) is 0 Å². The van der Waals surface area contributed by atoms with Crippen molar-refractivity contribution in [1.29, 1.82) is 0 Å². The van der Waals surface area contributed by atoms with Gasteiger partial charge in [0.2, 0.25) is 10.0 Å². The van der Waals surface area contributed by atoms with E-state index in [0.717, 1.165) is 4.88 Å². The van der Waals surface area contributed by atoms with Gasteiger partial charge in [-0.2, -0.15) is 0 Å². The van der Waals surface area contributed by atoms with Crippen molar-refractivity contribution < 1.29 is 17.9 Å². The second-order valence-electron chi connectivity index (χ2n) is 3.47. The maximum absolute atomic E-state index is 11.7. The second-order valence-corrected chi connectivity index (χ2v) is 6.70. The smallest absolute Gasteiger partial charge is 0.307 e. The van der Waals surface area contributed by atoms with Crippen LogP contribution in [0.5, 0.6) is 0 Å². The monoisotopic (exact) mass is 311 g/mol. The molecule has 1 atom stereocenters. The molecule has 0 amide bonds. The molecule has 0 fully saturated rings. The highest BCUT2D eigenvalue weighted by Crippen LogP contribution is 2.23. The van der Waals surface area contributed by atoms with Gasteiger partial charge < -0.3 is 4.74 Å². The standard InChI is InChI=1S/C10H14ClNO4S2/c1-16-10(13)7-8(9-3-2-5-17-9)12-18(14,15)6-4-11/h2-3,5,8,12H,4,6-7H2,1H3. The largest absolute Gasteiger partial charge is 0.469 e. The van der Waals surface area contributed by atoms with Crippen LogP contribution in [0, 0.1) is 0 Å².